The van der Waals surface area contributed by atoms with Crippen LogP contribution in [-0.4, -0.2) is 99.9 Å². The highest BCUT2D eigenvalue weighted by atomic mass is 16.5. The third-order valence-corrected chi connectivity index (χ3v) is 9.86. The van der Waals surface area contributed by atoms with Crippen molar-refractivity contribution in [3.63, 3.8) is 0 Å². The smallest absolute Gasteiger partial charge is 0.337 e. The molecule has 2 aliphatic rings. The molecule has 0 aromatic heterocycles. The van der Waals surface area contributed by atoms with Crippen molar-refractivity contribution < 1.29 is 33.4 Å². The summed E-state index contributed by atoms with van der Waals surface area (Å²) < 4.78 is 15.5. The summed E-state index contributed by atoms with van der Waals surface area (Å²) in [6.07, 6.45) is 1.90. The number of benzene rings is 4. The lowest BCUT2D eigenvalue weighted by atomic mass is 10.1. The second kappa shape index (κ2) is 20.9. The van der Waals surface area contributed by atoms with Gasteiger partial charge in [0.05, 0.1) is 58.7 Å². The highest BCUT2D eigenvalue weighted by Gasteiger charge is 2.26. The molecular weight excluding hydrogens is 711 g/mol. The van der Waals surface area contributed by atoms with Crippen molar-refractivity contribution in [1.29, 1.82) is 0 Å². The molecule has 0 spiro atoms. The van der Waals surface area contributed by atoms with E-state index in [1.807, 2.05) is 58.3 Å². The molecule has 12 heteroatoms. The average Bonchev–Trinajstić information content (AvgIpc) is 3.27. The van der Waals surface area contributed by atoms with E-state index in [0.717, 1.165) is 35.3 Å². The van der Waals surface area contributed by atoms with Crippen LogP contribution in [0.4, 0.5) is 21.0 Å². The molecule has 0 saturated carbocycles. The fourth-order valence-corrected chi connectivity index (χ4v) is 6.36. The molecule has 0 radical (unpaired) electrons. The number of hydrogen-bond acceptors (Lipinski definition) is 8. The van der Waals surface area contributed by atoms with Gasteiger partial charge >= 0.3 is 18.0 Å². The minimum atomic E-state index is -0.372. The first-order valence-electron chi connectivity index (χ1n) is 19.2. The molecule has 296 valence electrons. The third-order valence-electron chi connectivity index (χ3n) is 9.86. The van der Waals surface area contributed by atoms with E-state index in [2.05, 4.69) is 38.1 Å². The number of hydrogen-bond donors (Lipinski definition) is 1. The van der Waals surface area contributed by atoms with Crippen LogP contribution in [0.2, 0.25) is 0 Å². The van der Waals surface area contributed by atoms with Gasteiger partial charge in [0.1, 0.15) is 0 Å². The van der Waals surface area contributed by atoms with Gasteiger partial charge in [-0.25, -0.2) is 14.4 Å². The number of ketones is 1. The number of ether oxygens (including phenoxy) is 3. The molecule has 4 amide bonds. The lowest BCUT2D eigenvalue weighted by molar-refractivity contribution is 0.0548. The summed E-state index contributed by atoms with van der Waals surface area (Å²) >= 11 is 0. The molecule has 2 saturated heterocycles. The van der Waals surface area contributed by atoms with Crippen molar-refractivity contribution in [2.45, 2.75) is 39.8 Å². The molecule has 0 aliphatic carbocycles. The van der Waals surface area contributed by atoms with Crippen molar-refractivity contribution in [3.05, 3.63) is 130 Å². The summed E-state index contributed by atoms with van der Waals surface area (Å²) in [4.78, 5) is 57.0. The Balaban J connectivity index is 0.000000214. The van der Waals surface area contributed by atoms with Crippen molar-refractivity contribution in [3.8, 4) is 0 Å². The quantitative estimate of drug-likeness (QED) is 0.138. The first-order chi connectivity index (χ1) is 27.2. The second-order valence-corrected chi connectivity index (χ2v) is 13.5. The highest BCUT2D eigenvalue weighted by Crippen LogP contribution is 2.23. The van der Waals surface area contributed by atoms with E-state index in [0.29, 0.717) is 76.8 Å². The number of nitrogens with two attached hydrogens (primary N) is 1. The van der Waals surface area contributed by atoms with Gasteiger partial charge < -0.3 is 29.7 Å². The number of carbonyl (C=O) groups is 4. The number of amides is 4. The molecule has 0 atom stereocenters. The maximum atomic E-state index is 13.2. The molecule has 4 aromatic carbocycles. The minimum absolute atomic E-state index is 0.00916. The topological polar surface area (TPSA) is 135 Å². The third kappa shape index (κ3) is 11.2. The molecule has 2 fully saturated rings. The van der Waals surface area contributed by atoms with Crippen molar-refractivity contribution in [2.24, 2.45) is 5.73 Å². The van der Waals surface area contributed by atoms with E-state index in [4.69, 9.17) is 19.9 Å². The van der Waals surface area contributed by atoms with E-state index >= 15 is 0 Å². The van der Waals surface area contributed by atoms with Gasteiger partial charge in [-0.3, -0.25) is 14.6 Å². The number of urea groups is 2. The van der Waals surface area contributed by atoms with Crippen molar-refractivity contribution >= 4 is 35.2 Å². The van der Waals surface area contributed by atoms with Crippen LogP contribution in [0.5, 0.6) is 0 Å². The Hall–Kier alpha value is -5.56. The van der Waals surface area contributed by atoms with E-state index in [1.54, 1.807) is 34.1 Å². The summed E-state index contributed by atoms with van der Waals surface area (Å²) in [6, 6.07) is 30.5. The van der Waals surface area contributed by atoms with Crippen LogP contribution in [0, 0.1) is 0 Å². The van der Waals surface area contributed by atoms with Gasteiger partial charge in [-0.1, -0.05) is 74.5 Å². The molecule has 12 nitrogen and oxygen atoms in total. The molecule has 0 bridgehead atoms. The number of morpholine rings is 2. The van der Waals surface area contributed by atoms with Crippen LogP contribution < -0.4 is 15.5 Å². The number of aryl methyl sites for hydroxylation is 2. The lowest BCUT2D eigenvalue weighted by Crippen LogP contribution is -2.48. The van der Waals surface area contributed by atoms with Crippen molar-refractivity contribution in [1.82, 2.24) is 9.80 Å². The maximum Gasteiger partial charge on any atom is 0.337 e. The largest absolute Gasteiger partial charge is 0.465 e. The minimum Gasteiger partial charge on any atom is -0.465 e. The van der Waals surface area contributed by atoms with Crippen LogP contribution in [0.25, 0.3) is 0 Å². The number of esters is 1. The predicted octanol–water partition coefficient (Wildman–Crippen LogP) is 6.34. The van der Waals surface area contributed by atoms with Crippen LogP contribution in [0.3, 0.4) is 0 Å². The molecule has 2 heterocycles. The molecular formula is C44H53N5O7. The van der Waals surface area contributed by atoms with Gasteiger partial charge in [-0.15, -0.1) is 0 Å². The molecule has 2 aliphatic heterocycles. The maximum absolute atomic E-state index is 13.2. The fraction of sp³-hybridized carbons (Fsp3) is 0.364. The van der Waals surface area contributed by atoms with Gasteiger partial charge in [0.15, 0.2) is 5.78 Å². The van der Waals surface area contributed by atoms with Gasteiger partial charge in [0, 0.05) is 43.1 Å². The van der Waals surface area contributed by atoms with Crippen LogP contribution in [0.15, 0.2) is 97.1 Å². The monoisotopic (exact) mass is 763 g/mol. The Bertz CT molecular complexity index is 1730. The molecule has 6 rings (SSSR count). The molecule has 2 N–H and O–H groups in total. The Morgan fingerprint density at radius 2 is 0.929 bits per heavy atom. The average molecular weight is 764 g/mol. The normalized spacial score (nSPS) is 13.9. The fourth-order valence-electron chi connectivity index (χ4n) is 6.36. The Morgan fingerprint density at radius 1 is 0.571 bits per heavy atom. The number of anilines is 2. The van der Waals surface area contributed by atoms with Gasteiger partial charge in [0.25, 0.3) is 0 Å². The number of rotatable bonds is 11. The van der Waals surface area contributed by atoms with Gasteiger partial charge in [-0.05, 0) is 71.5 Å². The van der Waals surface area contributed by atoms with Crippen LogP contribution in [-0.2, 0) is 40.1 Å². The summed E-state index contributed by atoms with van der Waals surface area (Å²) in [5.41, 5.74) is 12.6. The SMILES string of the molecule is CCc1ccc(N(Cc2ccc(C(=O)CN)cc2)C(=O)N2CCOCC2)cc1.CCc1ccc(N(Cc2ccc(C(=O)OC)cc2)C(=O)N2CCOCC2)cc1. The molecule has 56 heavy (non-hydrogen) atoms. The summed E-state index contributed by atoms with van der Waals surface area (Å²) in [5, 5.41) is 0. The standard InChI is InChI=1S/C22H27N3O3.C22H26N2O4/c1-2-17-5-9-20(10-6-17)25(22(27)24-11-13-28-14-12-24)16-18-3-7-19(8-4-18)21(26)15-23;1-3-17-6-10-20(11-7-17)24(22(26)23-12-14-28-15-13-23)16-18-4-8-19(9-5-18)21(25)27-2/h3-10H,2,11-16,23H2,1H3;4-11H,3,12-16H2,1-2H3. The van der Waals surface area contributed by atoms with Crippen LogP contribution in [0.1, 0.15) is 56.8 Å². The van der Waals surface area contributed by atoms with Crippen LogP contribution >= 0.6 is 0 Å². The van der Waals surface area contributed by atoms with Gasteiger partial charge in [-0.2, -0.15) is 0 Å². The number of methoxy groups -OCH3 is 1. The first kappa shape index (κ1) is 41.6. The van der Waals surface area contributed by atoms with Crippen molar-refractivity contribution in [2.75, 3.05) is 76.1 Å². The summed E-state index contributed by atoms with van der Waals surface area (Å²) in [6.45, 7) is 9.64. The Kier molecular flexibility index (Phi) is 15.6. The number of carbonyl (C=O) groups excluding carboxylic acids is 4. The molecule has 4 aromatic rings. The summed E-state index contributed by atoms with van der Waals surface area (Å²) in [7, 11) is 1.36. The molecule has 0 unspecified atom stereocenters. The van der Waals surface area contributed by atoms with E-state index in [9.17, 15) is 19.2 Å². The zero-order valence-corrected chi connectivity index (χ0v) is 32.7. The summed E-state index contributed by atoms with van der Waals surface area (Å²) in [5.74, 6) is -0.467. The van der Waals surface area contributed by atoms with E-state index in [1.165, 1.54) is 18.2 Å². The highest BCUT2D eigenvalue weighted by molar-refractivity contribution is 5.97. The predicted molar refractivity (Wildman–Crippen MR) is 217 cm³/mol. The Morgan fingerprint density at radius 3 is 1.27 bits per heavy atom. The zero-order valence-electron chi connectivity index (χ0n) is 32.7. The zero-order chi connectivity index (χ0) is 39.9. The van der Waals surface area contributed by atoms with Gasteiger partial charge in [0.2, 0.25) is 0 Å². The Labute approximate surface area is 329 Å². The van der Waals surface area contributed by atoms with E-state index < -0.39 is 0 Å². The lowest BCUT2D eigenvalue weighted by Gasteiger charge is -2.33. The van der Waals surface area contributed by atoms with E-state index in [-0.39, 0.29) is 30.4 Å². The number of nitrogens with zero attached hydrogens (tertiary/aromatic N) is 4. The first-order valence-corrected chi connectivity index (χ1v) is 19.2. The second-order valence-electron chi connectivity index (χ2n) is 13.5. The number of Topliss-reactive ketones (excluding diaryl/α,β-unsaturated/α-hetero) is 1.